The first-order valence-electron chi connectivity index (χ1n) is 5.58. The van der Waals surface area contributed by atoms with Gasteiger partial charge in [-0.05, 0) is 20.8 Å². The van der Waals surface area contributed by atoms with Crippen LogP contribution in [0.25, 0.3) is 11.4 Å². The normalized spacial score (nSPS) is 10.3. The average Bonchev–Trinajstić information content (AvgIpc) is 2.35. The number of hydrogen-bond acceptors (Lipinski definition) is 5. The number of aryl methyl sites for hydroxylation is 2. The predicted octanol–water partition coefficient (Wildman–Crippen LogP) is 1.98. The summed E-state index contributed by atoms with van der Waals surface area (Å²) in [6, 6.07) is 0. The summed E-state index contributed by atoms with van der Waals surface area (Å²) in [4.78, 5) is 17.3. The van der Waals surface area contributed by atoms with Crippen LogP contribution in [0.3, 0.4) is 0 Å². The third-order valence-electron chi connectivity index (χ3n) is 2.46. The minimum atomic E-state index is 0.735. The molecule has 0 aliphatic rings. The van der Waals surface area contributed by atoms with E-state index in [1.165, 1.54) is 0 Å². The van der Waals surface area contributed by atoms with Gasteiger partial charge < -0.3 is 5.32 Å². The molecule has 17 heavy (non-hydrogen) atoms. The van der Waals surface area contributed by atoms with Crippen LogP contribution in [-0.4, -0.2) is 26.5 Å². The van der Waals surface area contributed by atoms with E-state index in [4.69, 9.17) is 0 Å². The van der Waals surface area contributed by atoms with E-state index in [1.54, 1.807) is 18.6 Å². The standard InChI is InChI=1S/C12H15N5/c1-4-14-12-11(10-7-13-5-6-15-10)16-8(2)9(3)17-12/h5-7H,4H2,1-3H3,(H,14,17). The van der Waals surface area contributed by atoms with Crippen LogP contribution in [0.4, 0.5) is 5.82 Å². The number of aromatic nitrogens is 4. The van der Waals surface area contributed by atoms with Crippen molar-refractivity contribution in [2.45, 2.75) is 20.8 Å². The Hall–Kier alpha value is -2.04. The van der Waals surface area contributed by atoms with E-state index in [-0.39, 0.29) is 0 Å². The molecule has 0 atom stereocenters. The molecule has 0 bridgehead atoms. The van der Waals surface area contributed by atoms with E-state index in [0.29, 0.717) is 0 Å². The molecule has 0 unspecified atom stereocenters. The molecule has 0 spiro atoms. The predicted molar refractivity (Wildman–Crippen MR) is 66.7 cm³/mol. The number of nitrogens with zero attached hydrogens (tertiary/aromatic N) is 4. The number of rotatable bonds is 3. The second-order valence-electron chi connectivity index (χ2n) is 3.71. The lowest BCUT2D eigenvalue weighted by atomic mass is 10.2. The summed E-state index contributed by atoms with van der Waals surface area (Å²) in [6.07, 6.45) is 4.99. The van der Waals surface area contributed by atoms with Gasteiger partial charge in [0.25, 0.3) is 0 Å². The summed E-state index contributed by atoms with van der Waals surface area (Å²) in [5.41, 5.74) is 3.32. The number of hydrogen-bond donors (Lipinski definition) is 1. The van der Waals surface area contributed by atoms with Crippen molar-refractivity contribution in [1.29, 1.82) is 0 Å². The van der Waals surface area contributed by atoms with Gasteiger partial charge in [-0.15, -0.1) is 0 Å². The van der Waals surface area contributed by atoms with Crippen molar-refractivity contribution in [1.82, 2.24) is 19.9 Å². The fourth-order valence-corrected chi connectivity index (χ4v) is 1.49. The molecule has 0 saturated carbocycles. The Kier molecular flexibility index (Phi) is 3.27. The molecule has 0 fully saturated rings. The first-order chi connectivity index (χ1) is 8.22. The summed E-state index contributed by atoms with van der Waals surface area (Å²) in [5, 5.41) is 3.20. The maximum atomic E-state index is 4.53. The quantitative estimate of drug-likeness (QED) is 0.871. The highest BCUT2D eigenvalue weighted by molar-refractivity contribution is 5.68. The van der Waals surface area contributed by atoms with E-state index < -0.39 is 0 Å². The highest BCUT2D eigenvalue weighted by atomic mass is 15.0. The monoisotopic (exact) mass is 229 g/mol. The van der Waals surface area contributed by atoms with Gasteiger partial charge in [-0.25, -0.2) is 9.97 Å². The number of nitrogens with one attached hydrogen (secondary N) is 1. The Morgan fingerprint density at radius 3 is 2.53 bits per heavy atom. The molecule has 2 aromatic heterocycles. The number of anilines is 1. The van der Waals surface area contributed by atoms with Gasteiger partial charge in [0.2, 0.25) is 0 Å². The van der Waals surface area contributed by atoms with Crippen LogP contribution in [-0.2, 0) is 0 Å². The topological polar surface area (TPSA) is 63.6 Å². The van der Waals surface area contributed by atoms with Gasteiger partial charge in [-0.1, -0.05) is 0 Å². The second kappa shape index (κ2) is 4.86. The Bertz CT molecular complexity index is 510. The fourth-order valence-electron chi connectivity index (χ4n) is 1.49. The van der Waals surface area contributed by atoms with Crippen molar-refractivity contribution >= 4 is 5.82 Å². The lowest BCUT2D eigenvalue weighted by Gasteiger charge is -2.10. The van der Waals surface area contributed by atoms with E-state index in [2.05, 4.69) is 25.3 Å². The third-order valence-corrected chi connectivity index (χ3v) is 2.46. The first-order valence-corrected chi connectivity index (χ1v) is 5.58. The van der Waals surface area contributed by atoms with Crippen LogP contribution in [0, 0.1) is 13.8 Å². The zero-order valence-corrected chi connectivity index (χ0v) is 10.2. The van der Waals surface area contributed by atoms with Crippen molar-refractivity contribution in [2.24, 2.45) is 0 Å². The van der Waals surface area contributed by atoms with E-state index in [1.807, 2.05) is 20.8 Å². The molecule has 2 rings (SSSR count). The zero-order valence-electron chi connectivity index (χ0n) is 10.2. The molecule has 0 aliphatic carbocycles. The van der Waals surface area contributed by atoms with E-state index >= 15 is 0 Å². The Morgan fingerprint density at radius 1 is 1.12 bits per heavy atom. The molecule has 88 valence electrons. The minimum Gasteiger partial charge on any atom is -0.368 e. The van der Waals surface area contributed by atoms with Gasteiger partial charge in [-0.2, -0.15) is 0 Å². The maximum Gasteiger partial charge on any atom is 0.154 e. The van der Waals surface area contributed by atoms with E-state index in [9.17, 15) is 0 Å². The van der Waals surface area contributed by atoms with Crippen molar-refractivity contribution in [2.75, 3.05) is 11.9 Å². The molecule has 0 aromatic carbocycles. The third kappa shape index (κ3) is 2.38. The molecular weight excluding hydrogens is 214 g/mol. The second-order valence-corrected chi connectivity index (χ2v) is 3.71. The van der Waals surface area contributed by atoms with Crippen LogP contribution < -0.4 is 5.32 Å². The molecule has 5 nitrogen and oxygen atoms in total. The molecule has 1 N–H and O–H groups in total. The Balaban J connectivity index is 2.55. The summed E-state index contributed by atoms with van der Waals surface area (Å²) < 4.78 is 0. The van der Waals surface area contributed by atoms with Gasteiger partial charge in [-0.3, -0.25) is 9.97 Å². The van der Waals surface area contributed by atoms with Crippen LogP contribution in [0.1, 0.15) is 18.3 Å². The zero-order chi connectivity index (χ0) is 12.3. The maximum absolute atomic E-state index is 4.53. The SMILES string of the molecule is CCNc1nc(C)c(C)nc1-c1cnccn1. The largest absolute Gasteiger partial charge is 0.368 e. The summed E-state index contributed by atoms with van der Waals surface area (Å²) in [5.74, 6) is 0.760. The highest BCUT2D eigenvalue weighted by Crippen LogP contribution is 2.22. The lowest BCUT2D eigenvalue weighted by Crippen LogP contribution is -2.06. The van der Waals surface area contributed by atoms with Crippen molar-refractivity contribution < 1.29 is 0 Å². The fraction of sp³-hybridized carbons (Fsp3) is 0.333. The average molecular weight is 229 g/mol. The minimum absolute atomic E-state index is 0.735. The summed E-state index contributed by atoms with van der Waals surface area (Å²) in [7, 11) is 0. The molecule has 0 amide bonds. The van der Waals surface area contributed by atoms with Crippen molar-refractivity contribution in [3.8, 4) is 11.4 Å². The Labute approximate surface area is 100 Å². The molecule has 5 heteroatoms. The Morgan fingerprint density at radius 2 is 1.88 bits per heavy atom. The van der Waals surface area contributed by atoms with Crippen molar-refractivity contribution in [3.63, 3.8) is 0 Å². The molecule has 0 aliphatic heterocycles. The van der Waals surface area contributed by atoms with Gasteiger partial charge >= 0.3 is 0 Å². The molecule has 2 aromatic rings. The van der Waals surface area contributed by atoms with Crippen LogP contribution >= 0.6 is 0 Å². The van der Waals surface area contributed by atoms with Crippen LogP contribution in [0.2, 0.25) is 0 Å². The molecular formula is C12H15N5. The molecule has 2 heterocycles. The van der Waals surface area contributed by atoms with Crippen molar-refractivity contribution in [3.05, 3.63) is 30.0 Å². The summed E-state index contributed by atoms with van der Waals surface area (Å²) in [6.45, 7) is 6.71. The highest BCUT2D eigenvalue weighted by Gasteiger charge is 2.11. The lowest BCUT2D eigenvalue weighted by molar-refractivity contribution is 1.02. The van der Waals surface area contributed by atoms with Gasteiger partial charge in [0, 0.05) is 18.9 Å². The van der Waals surface area contributed by atoms with Gasteiger partial charge in [0.1, 0.15) is 11.4 Å². The van der Waals surface area contributed by atoms with E-state index in [0.717, 1.165) is 35.1 Å². The van der Waals surface area contributed by atoms with Crippen LogP contribution in [0.15, 0.2) is 18.6 Å². The smallest absolute Gasteiger partial charge is 0.154 e. The summed E-state index contributed by atoms with van der Waals surface area (Å²) >= 11 is 0. The molecule has 0 radical (unpaired) electrons. The van der Waals surface area contributed by atoms with Gasteiger partial charge in [0.05, 0.1) is 17.6 Å². The molecule has 0 saturated heterocycles. The first kappa shape index (κ1) is 11.4. The van der Waals surface area contributed by atoms with Crippen LogP contribution in [0.5, 0.6) is 0 Å². The van der Waals surface area contributed by atoms with Gasteiger partial charge in [0.15, 0.2) is 5.82 Å².